The molecule has 0 saturated carbocycles. The number of rotatable bonds is 6. The summed E-state index contributed by atoms with van der Waals surface area (Å²) in [7, 11) is 1.58. The minimum Gasteiger partial charge on any atom is -0.491 e. The van der Waals surface area contributed by atoms with Gasteiger partial charge in [-0.05, 0) is 20.9 Å². The summed E-state index contributed by atoms with van der Waals surface area (Å²) in [6.45, 7) is 3.41. The van der Waals surface area contributed by atoms with Crippen molar-refractivity contribution < 1.29 is 23.0 Å². The van der Waals surface area contributed by atoms with Gasteiger partial charge in [0.15, 0.2) is 0 Å². The second-order valence-corrected chi connectivity index (χ2v) is 4.20. The molecular formula is C13H17F2NO3. The molecule has 0 heterocycles. The van der Waals surface area contributed by atoms with Gasteiger partial charge in [0, 0.05) is 18.2 Å². The summed E-state index contributed by atoms with van der Waals surface area (Å²) in [5.74, 6) is -1.95. The first-order valence-electron chi connectivity index (χ1n) is 5.86. The molecular weight excluding hydrogens is 256 g/mol. The molecule has 0 amide bonds. The van der Waals surface area contributed by atoms with E-state index in [1.807, 2.05) is 0 Å². The van der Waals surface area contributed by atoms with Gasteiger partial charge in [0.25, 0.3) is 0 Å². The van der Waals surface area contributed by atoms with E-state index in [-0.39, 0.29) is 19.0 Å². The number of likely N-dealkylation sites (N-methyl/N-ethyl adjacent to an activating group) is 1. The van der Waals surface area contributed by atoms with E-state index in [0.29, 0.717) is 0 Å². The van der Waals surface area contributed by atoms with Gasteiger partial charge in [-0.3, -0.25) is 0 Å². The largest absolute Gasteiger partial charge is 0.491 e. The number of ether oxygens (including phenoxy) is 2. The SMILES string of the molecule is CCOC(=O)C(C)(COc1cc(F)cc(F)c1)NC. The number of esters is 1. The van der Waals surface area contributed by atoms with Crippen molar-refractivity contribution in [2.45, 2.75) is 19.4 Å². The molecule has 1 unspecified atom stereocenters. The van der Waals surface area contributed by atoms with E-state index in [4.69, 9.17) is 9.47 Å². The summed E-state index contributed by atoms with van der Waals surface area (Å²) in [5.41, 5.74) is -1.08. The minimum atomic E-state index is -1.08. The molecule has 1 rings (SSSR count). The fraction of sp³-hybridized carbons (Fsp3) is 0.462. The summed E-state index contributed by atoms with van der Waals surface area (Å²) >= 11 is 0. The Morgan fingerprint density at radius 2 is 1.89 bits per heavy atom. The Bertz CT molecular complexity index is 433. The van der Waals surface area contributed by atoms with Crippen molar-refractivity contribution in [2.24, 2.45) is 0 Å². The lowest BCUT2D eigenvalue weighted by molar-refractivity contribution is -0.151. The van der Waals surface area contributed by atoms with Crippen molar-refractivity contribution in [1.29, 1.82) is 0 Å². The molecule has 0 saturated heterocycles. The third kappa shape index (κ3) is 4.17. The molecule has 1 atom stereocenters. The van der Waals surface area contributed by atoms with Crippen molar-refractivity contribution in [3.8, 4) is 5.75 Å². The van der Waals surface area contributed by atoms with Crippen LogP contribution in [-0.2, 0) is 9.53 Å². The lowest BCUT2D eigenvalue weighted by atomic mass is 10.1. The molecule has 106 valence electrons. The molecule has 0 aromatic heterocycles. The van der Waals surface area contributed by atoms with Crippen molar-refractivity contribution >= 4 is 5.97 Å². The first-order chi connectivity index (χ1) is 8.91. The highest BCUT2D eigenvalue weighted by Gasteiger charge is 2.34. The highest BCUT2D eigenvalue weighted by Crippen LogP contribution is 2.17. The molecule has 1 aromatic rings. The molecule has 0 radical (unpaired) electrons. The van der Waals surface area contributed by atoms with Crippen LogP contribution < -0.4 is 10.1 Å². The number of halogens is 2. The van der Waals surface area contributed by atoms with Crippen molar-refractivity contribution in [3.63, 3.8) is 0 Å². The van der Waals surface area contributed by atoms with E-state index >= 15 is 0 Å². The Balaban J connectivity index is 2.74. The Kier molecular flexibility index (Phi) is 5.23. The van der Waals surface area contributed by atoms with Crippen LogP contribution >= 0.6 is 0 Å². The Morgan fingerprint density at radius 1 is 1.32 bits per heavy atom. The van der Waals surface area contributed by atoms with Crippen molar-refractivity contribution in [3.05, 3.63) is 29.8 Å². The van der Waals surface area contributed by atoms with E-state index in [1.165, 1.54) is 0 Å². The molecule has 0 fully saturated rings. The lowest BCUT2D eigenvalue weighted by Crippen LogP contribution is -2.53. The van der Waals surface area contributed by atoms with E-state index < -0.39 is 23.1 Å². The zero-order valence-electron chi connectivity index (χ0n) is 11.1. The van der Waals surface area contributed by atoms with Crippen molar-refractivity contribution in [2.75, 3.05) is 20.3 Å². The smallest absolute Gasteiger partial charge is 0.329 e. The fourth-order valence-electron chi connectivity index (χ4n) is 1.36. The maximum Gasteiger partial charge on any atom is 0.329 e. The molecule has 0 aliphatic heterocycles. The fourth-order valence-corrected chi connectivity index (χ4v) is 1.36. The van der Waals surface area contributed by atoms with Crippen LogP contribution in [0.1, 0.15) is 13.8 Å². The highest BCUT2D eigenvalue weighted by atomic mass is 19.1. The van der Waals surface area contributed by atoms with Crippen molar-refractivity contribution in [1.82, 2.24) is 5.32 Å². The van der Waals surface area contributed by atoms with Gasteiger partial charge in [0.1, 0.15) is 29.5 Å². The number of nitrogens with one attached hydrogen (secondary N) is 1. The second kappa shape index (κ2) is 6.47. The van der Waals surface area contributed by atoms with Gasteiger partial charge in [-0.25, -0.2) is 13.6 Å². The Hall–Kier alpha value is -1.69. The van der Waals surface area contributed by atoms with Crippen LogP contribution in [0.5, 0.6) is 5.75 Å². The molecule has 1 aromatic carbocycles. The van der Waals surface area contributed by atoms with Crippen LogP contribution in [0.25, 0.3) is 0 Å². The molecule has 19 heavy (non-hydrogen) atoms. The third-order valence-electron chi connectivity index (χ3n) is 2.64. The summed E-state index contributed by atoms with van der Waals surface area (Å²) in [6.07, 6.45) is 0. The van der Waals surface area contributed by atoms with Gasteiger partial charge in [-0.1, -0.05) is 0 Å². The van der Waals surface area contributed by atoms with Crippen LogP contribution in [0.15, 0.2) is 18.2 Å². The number of carbonyl (C=O) groups is 1. The predicted molar refractivity (Wildman–Crippen MR) is 66.0 cm³/mol. The number of hydrogen-bond donors (Lipinski definition) is 1. The average molecular weight is 273 g/mol. The average Bonchev–Trinajstić information content (AvgIpc) is 2.35. The first-order valence-corrected chi connectivity index (χ1v) is 5.86. The van der Waals surface area contributed by atoms with E-state index in [9.17, 15) is 13.6 Å². The maximum atomic E-state index is 13.0. The van der Waals surface area contributed by atoms with Gasteiger partial charge in [-0.15, -0.1) is 0 Å². The summed E-state index contributed by atoms with van der Waals surface area (Å²) in [5, 5.41) is 2.78. The first kappa shape index (κ1) is 15.4. The van der Waals surface area contributed by atoms with Gasteiger partial charge < -0.3 is 14.8 Å². The van der Waals surface area contributed by atoms with E-state index in [2.05, 4.69) is 5.32 Å². The molecule has 0 bridgehead atoms. The van der Waals surface area contributed by atoms with E-state index in [0.717, 1.165) is 18.2 Å². The van der Waals surface area contributed by atoms with Gasteiger partial charge in [0.05, 0.1) is 6.61 Å². The predicted octanol–water partition coefficient (Wildman–Crippen LogP) is 1.88. The molecule has 1 N–H and O–H groups in total. The van der Waals surface area contributed by atoms with Gasteiger partial charge in [0.2, 0.25) is 0 Å². The number of hydrogen-bond acceptors (Lipinski definition) is 4. The topological polar surface area (TPSA) is 47.6 Å². The van der Waals surface area contributed by atoms with Crippen LogP contribution in [-0.4, -0.2) is 31.8 Å². The molecule has 0 aliphatic rings. The number of carbonyl (C=O) groups excluding carboxylic acids is 1. The monoisotopic (exact) mass is 273 g/mol. The zero-order valence-corrected chi connectivity index (χ0v) is 11.1. The van der Waals surface area contributed by atoms with E-state index in [1.54, 1.807) is 20.9 Å². The van der Waals surface area contributed by atoms with Crippen LogP contribution in [0.2, 0.25) is 0 Å². The third-order valence-corrected chi connectivity index (χ3v) is 2.64. The number of benzene rings is 1. The minimum absolute atomic E-state index is 0.0169. The maximum absolute atomic E-state index is 13.0. The summed E-state index contributed by atoms with van der Waals surface area (Å²) in [6, 6.07) is 2.84. The standard InChI is InChI=1S/C13H17F2NO3/c1-4-18-12(17)13(2,16-3)8-19-11-6-9(14)5-10(15)7-11/h5-7,16H,4,8H2,1-3H3. The Morgan fingerprint density at radius 3 is 2.37 bits per heavy atom. The highest BCUT2D eigenvalue weighted by molar-refractivity contribution is 5.80. The molecule has 4 nitrogen and oxygen atoms in total. The van der Waals surface area contributed by atoms with Crippen LogP contribution in [0.3, 0.4) is 0 Å². The zero-order chi connectivity index (χ0) is 14.5. The summed E-state index contributed by atoms with van der Waals surface area (Å²) in [4.78, 5) is 11.7. The van der Waals surface area contributed by atoms with Crippen LogP contribution in [0, 0.1) is 11.6 Å². The molecule has 0 spiro atoms. The van der Waals surface area contributed by atoms with Gasteiger partial charge >= 0.3 is 5.97 Å². The lowest BCUT2D eigenvalue weighted by Gasteiger charge is -2.26. The molecule has 6 heteroatoms. The van der Waals surface area contributed by atoms with Gasteiger partial charge in [-0.2, -0.15) is 0 Å². The van der Waals surface area contributed by atoms with Crippen LogP contribution in [0.4, 0.5) is 8.78 Å². The quantitative estimate of drug-likeness (QED) is 0.804. The normalized spacial score (nSPS) is 13.7. The molecule has 0 aliphatic carbocycles. The second-order valence-electron chi connectivity index (χ2n) is 4.20. The Labute approximate surface area is 110 Å². The summed E-state index contributed by atoms with van der Waals surface area (Å²) < 4.78 is 36.1.